The number of methoxy groups -OCH3 is 1. The zero-order valence-electron chi connectivity index (χ0n) is 16.6. The fourth-order valence-corrected chi connectivity index (χ4v) is 4.22. The van der Waals surface area contributed by atoms with Gasteiger partial charge in [0.2, 0.25) is 0 Å². The maximum atomic E-state index is 5.55. The number of fused-ring (bicyclic) bond motifs is 3. The molecule has 5 rings (SSSR count). The SMILES string of the molecule is COc1ccc2c(-c3ccc(C)cc3)c(-c3ccccc3)c3ccccc3c2c1. The van der Waals surface area contributed by atoms with Crippen molar-refractivity contribution < 1.29 is 4.74 Å². The summed E-state index contributed by atoms with van der Waals surface area (Å²) in [5, 5.41) is 4.97. The van der Waals surface area contributed by atoms with E-state index in [2.05, 4.69) is 104 Å². The van der Waals surface area contributed by atoms with Crippen LogP contribution in [0.2, 0.25) is 0 Å². The molecule has 0 fully saturated rings. The van der Waals surface area contributed by atoms with Crippen LogP contribution in [0.4, 0.5) is 0 Å². The molecule has 140 valence electrons. The molecule has 0 heterocycles. The fraction of sp³-hybridized carbons (Fsp3) is 0.0714. The monoisotopic (exact) mass is 374 g/mol. The molecule has 0 unspecified atom stereocenters. The number of hydrogen-bond acceptors (Lipinski definition) is 1. The summed E-state index contributed by atoms with van der Waals surface area (Å²) < 4.78 is 5.55. The van der Waals surface area contributed by atoms with E-state index in [0.29, 0.717) is 0 Å². The average Bonchev–Trinajstić information content (AvgIpc) is 2.79. The number of ether oxygens (including phenoxy) is 1. The number of hydrogen-bond donors (Lipinski definition) is 0. The van der Waals surface area contributed by atoms with Gasteiger partial charge in [-0.05, 0) is 62.9 Å². The fourth-order valence-electron chi connectivity index (χ4n) is 4.22. The van der Waals surface area contributed by atoms with Gasteiger partial charge in [-0.2, -0.15) is 0 Å². The van der Waals surface area contributed by atoms with Gasteiger partial charge in [-0.15, -0.1) is 0 Å². The maximum Gasteiger partial charge on any atom is 0.119 e. The number of rotatable bonds is 3. The third-order valence-electron chi connectivity index (χ3n) is 5.64. The molecule has 0 aliphatic heterocycles. The standard InChI is InChI=1S/C28H22O/c1-19-12-14-21(15-13-19)28-25-17-16-22(29-2)18-26(25)23-10-6-7-11-24(23)27(28)20-8-4-3-5-9-20/h3-18H,1-2H3. The quantitative estimate of drug-likeness (QED) is 0.295. The zero-order chi connectivity index (χ0) is 19.8. The summed E-state index contributed by atoms with van der Waals surface area (Å²) in [6, 6.07) is 34.6. The van der Waals surface area contributed by atoms with Gasteiger partial charge in [0, 0.05) is 0 Å². The van der Waals surface area contributed by atoms with Gasteiger partial charge < -0.3 is 4.74 Å². The van der Waals surface area contributed by atoms with Crippen LogP contribution in [0.1, 0.15) is 5.56 Å². The van der Waals surface area contributed by atoms with Gasteiger partial charge in [0.25, 0.3) is 0 Å². The lowest BCUT2D eigenvalue weighted by molar-refractivity contribution is 0.415. The molecule has 0 saturated heterocycles. The van der Waals surface area contributed by atoms with Crippen LogP contribution in [-0.4, -0.2) is 7.11 Å². The van der Waals surface area contributed by atoms with Crippen LogP contribution in [-0.2, 0) is 0 Å². The second kappa shape index (κ2) is 7.10. The van der Waals surface area contributed by atoms with Crippen molar-refractivity contribution in [2.24, 2.45) is 0 Å². The first-order valence-electron chi connectivity index (χ1n) is 9.91. The minimum atomic E-state index is 0.880. The zero-order valence-corrected chi connectivity index (χ0v) is 16.6. The lowest BCUT2D eigenvalue weighted by Crippen LogP contribution is -1.92. The normalized spacial score (nSPS) is 11.1. The molecule has 0 bridgehead atoms. The van der Waals surface area contributed by atoms with Gasteiger partial charge >= 0.3 is 0 Å². The number of aryl methyl sites for hydroxylation is 1. The molecule has 5 aromatic rings. The van der Waals surface area contributed by atoms with Gasteiger partial charge in [0.1, 0.15) is 5.75 Å². The molecule has 0 atom stereocenters. The molecule has 0 amide bonds. The van der Waals surface area contributed by atoms with Crippen molar-refractivity contribution in [1.82, 2.24) is 0 Å². The Morgan fingerprint density at radius 3 is 1.79 bits per heavy atom. The van der Waals surface area contributed by atoms with Crippen molar-refractivity contribution >= 4 is 21.5 Å². The second-order valence-corrected chi connectivity index (χ2v) is 7.44. The summed E-state index contributed by atoms with van der Waals surface area (Å²) in [5.74, 6) is 0.880. The third-order valence-corrected chi connectivity index (χ3v) is 5.64. The lowest BCUT2D eigenvalue weighted by Gasteiger charge is -2.19. The van der Waals surface area contributed by atoms with Crippen molar-refractivity contribution in [1.29, 1.82) is 0 Å². The minimum absolute atomic E-state index is 0.880. The summed E-state index contributed by atoms with van der Waals surface area (Å²) >= 11 is 0. The van der Waals surface area contributed by atoms with E-state index < -0.39 is 0 Å². The van der Waals surface area contributed by atoms with E-state index >= 15 is 0 Å². The highest BCUT2D eigenvalue weighted by Crippen LogP contribution is 2.45. The molecule has 0 aliphatic carbocycles. The minimum Gasteiger partial charge on any atom is -0.497 e. The van der Waals surface area contributed by atoms with Crippen LogP contribution in [0, 0.1) is 6.92 Å². The molecule has 0 aliphatic rings. The van der Waals surface area contributed by atoms with Gasteiger partial charge in [0.05, 0.1) is 7.11 Å². The highest BCUT2D eigenvalue weighted by molar-refractivity contribution is 6.21. The van der Waals surface area contributed by atoms with Crippen LogP contribution >= 0.6 is 0 Å². The third kappa shape index (κ3) is 2.96. The van der Waals surface area contributed by atoms with E-state index in [0.717, 1.165) is 5.75 Å². The molecular weight excluding hydrogens is 352 g/mol. The van der Waals surface area contributed by atoms with Crippen LogP contribution in [0.5, 0.6) is 5.75 Å². The van der Waals surface area contributed by atoms with Crippen LogP contribution < -0.4 is 4.74 Å². The van der Waals surface area contributed by atoms with E-state index in [9.17, 15) is 0 Å². The van der Waals surface area contributed by atoms with Gasteiger partial charge in [0.15, 0.2) is 0 Å². The predicted octanol–water partition coefficient (Wildman–Crippen LogP) is 7.64. The molecule has 29 heavy (non-hydrogen) atoms. The van der Waals surface area contributed by atoms with Crippen LogP contribution in [0.3, 0.4) is 0 Å². The Morgan fingerprint density at radius 1 is 0.517 bits per heavy atom. The first-order valence-corrected chi connectivity index (χ1v) is 9.91. The van der Waals surface area contributed by atoms with E-state index in [1.54, 1.807) is 7.11 Å². The first-order chi connectivity index (χ1) is 14.3. The van der Waals surface area contributed by atoms with E-state index in [1.165, 1.54) is 49.4 Å². The highest BCUT2D eigenvalue weighted by atomic mass is 16.5. The summed E-state index contributed by atoms with van der Waals surface area (Å²) in [6.07, 6.45) is 0. The Labute approximate surface area is 171 Å². The molecule has 0 saturated carbocycles. The largest absolute Gasteiger partial charge is 0.497 e. The molecule has 0 aromatic heterocycles. The molecule has 1 nitrogen and oxygen atoms in total. The summed E-state index contributed by atoms with van der Waals surface area (Å²) in [6.45, 7) is 2.13. The average molecular weight is 374 g/mol. The van der Waals surface area contributed by atoms with E-state index in [-0.39, 0.29) is 0 Å². The second-order valence-electron chi connectivity index (χ2n) is 7.44. The Kier molecular flexibility index (Phi) is 4.29. The Hall–Kier alpha value is -3.58. The highest BCUT2D eigenvalue weighted by Gasteiger charge is 2.17. The summed E-state index contributed by atoms with van der Waals surface area (Å²) in [7, 11) is 1.72. The van der Waals surface area contributed by atoms with Crippen LogP contribution in [0.25, 0.3) is 43.8 Å². The van der Waals surface area contributed by atoms with Gasteiger partial charge in [-0.1, -0.05) is 90.5 Å². The Balaban J connectivity index is 2.01. The topological polar surface area (TPSA) is 9.23 Å². The lowest BCUT2D eigenvalue weighted by atomic mass is 9.85. The molecule has 5 aromatic carbocycles. The molecule has 0 N–H and O–H groups in total. The van der Waals surface area contributed by atoms with E-state index in [4.69, 9.17) is 4.74 Å². The molecule has 0 radical (unpaired) electrons. The first kappa shape index (κ1) is 17.5. The van der Waals surface area contributed by atoms with Gasteiger partial charge in [-0.3, -0.25) is 0 Å². The van der Waals surface area contributed by atoms with E-state index in [1.807, 2.05) is 0 Å². The van der Waals surface area contributed by atoms with Crippen molar-refractivity contribution in [3.63, 3.8) is 0 Å². The summed E-state index contributed by atoms with van der Waals surface area (Å²) in [5.41, 5.74) is 6.28. The maximum absolute atomic E-state index is 5.55. The Morgan fingerprint density at radius 2 is 1.10 bits per heavy atom. The molecular formula is C28H22O. The van der Waals surface area contributed by atoms with Crippen molar-refractivity contribution in [3.8, 4) is 28.0 Å². The van der Waals surface area contributed by atoms with Crippen molar-refractivity contribution in [2.75, 3.05) is 7.11 Å². The Bertz CT molecular complexity index is 1320. The molecule has 1 heteroatoms. The van der Waals surface area contributed by atoms with Crippen molar-refractivity contribution in [2.45, 2.75) is 6.92 Å². The molecule has 0 spiro atoms. The summed E-state index contributed by atoms with van der Waals surface area (Å²) in [4.78, 5) is 0. The number of benzene rings is 5. The van der Waals surface area contributed by atoms with Crippen LogP contribution in [0.15, 0.2) is 97.1 Å². The van der Waals surface area contributed by atoms with Crippen molar-refractivity contribution in [3.05, 3.63) is 103 Å². The smallest absolute Gasteiger partial charge is 0.119 e. The van der Waals surface area contributed by atoms with Gasteiger partial charge in [-0.25, -0.2) is 0 Å². The predicted molar refractivity (Wildman–Crippen MR) is 124 cm³/mol.